The van der Waals surface area contributed by atoms with E-state index in [0.717, 1.165) is 88.8 Å². The molecule has 0 bridgehead atoms. The number of methoxy groups -OCH3 is 4. The highest BCUT2D eigenvalue weighted by Crippen LogP contribution is 2.40. The quantitative estimate of drug-likeness (QED) is 0.0661. The highest BCUT2D eigenvalue weighted by molar-refractivity contribution is 6.42. The predicted molar refractivity (Wildman–Crippen MR) is 223 cm³/mol. The molecule has 13 nitrogen and oxygen atoms in total. The van der Waals surface area contributed by atoms with Crippen LogP contribution in [-0.4, -0.2) is 126 Å². The first-order chi connectivity index (χ1) is 28.4. The number of carbonyl (C=O) groups is 2. The smallest absolute Gasteiger partial charge is 0.350 e. The van der Waals surface area contributed by atoms with E-state index in [1.165, 1.54) is 0 Å². The largest absolute Gasteiger partial charge is 0.493 e. The average Bonchev–Trinajstić information content (AvgIpc) is 3.24. The number of aliphatic hydroxyl groups is 2. The van der Waals surface area contributed by atoms with Crippen LogP contribution in [0.3, 0.4) is 0 Å². The molecule has 2 aliphatic heterocycles. The van der Waals surface area contributed by atoms with Gasteiger partial charge in [0.2, 0.25) is 0 Å². The van der Waals surface area contributed by atoms with Crippen LogP contribution >= 0.6 is 11.6 Å². The van der Waals surface area contributed by atoms with Gasteiger partial charge in [-0.3, -0.25) is 0 Å². The molecule has 2 N–H and O–H groups in total. The van der Waals surface area contributed by atoms with Crippen molar-refractivity contribution in [3.63, 3.8) is 0 Å². The molecule has 3 aromatic carbocycles. The number of fused-ring (bicyclic) bond motifs is 1. The number of nitrogens with zero attached hydrogens (tertiary/aromatic N) is 2. The highest BCUT2D eigenvalue weighted by atomic mass is 35.5. The van der Waals surface area contributed by atoms with Crippen molar-refractivity contribution in [2.45, 2.75) is 58.4 Å². The molecule has 3 aromatic rings. The summed E-state index contributed by atoms with van der Waals surface area (Å²) in [5.74, 6) is 1.21. The molecule has 0 saturated carbocycles. The average molecular weight is 841 g/mol. The molecule has 0 aliphatic carbocycles. The number of ether oxygens (including phenoxy) is 7. The fourth-order valence-electron chi connectivity index (χ4n) is 8.61. The first kappa shape index (κ1) is 45.7. The first-order valence-corrected chi connectivity index (χ1v) is 20.6. The van der Waals surface area contributed by atoms with Crippen LogP contribution in [0.5, 0.6) is 23.0 Å². The van der Waals surface area contributed by atoms with Crippen molar-refractivity contribution in [2.75, 3.05) is 94.6 Å². The number of morpholine rings is 1. The molecule has 5 rings (SSSR count). The van der Waals surface area contributed by atoms with Crippen molar-refractivity contribution in [3.05, 3.63) is 92.5 Å². The maximum absolute atomic E-state index is 12.9. The molecule has 1 saturated heterocycles. The summed E-state index contributed by atoms with van der Waals surface area (Å²) in [5.41, 5.74) is 6.89. The lowest BCUT2D eigenvalue weighted by Gasteiger charge is -2.46. The van der Waals surface area contributed by atoms with Crippen molar-refractivity contribution in [1.82, 2.24) is 0 Å². The zero-order valence-corrected chi connectivity index (χ0v) is 36.1. The Balaban J connectivity index is 1.15. The van der Waals surface area contributed by atoms with Crippen molar-refractivity contribution in [1.29, 1.82) is 0 Å². The normalized spacial score (nSPS) is 18.7. The maximum atomic E-state index is 12.9. The number of carbonyl (C=O) groups excluding carboxylic acids is 2. The van der Waals surface area contributed by atoms with Gasteiger partial charge in [0.15, 0.2) is 23.0 Å². The fourth-order valence-corrected chi connectivity index (χ4v) is 8.75. The summed E-state index contributed by atoms with van der Waals surface area (Å²) in [6, 6.07) is 14.1. The van der Waals surface area contributed by atoms with E-state index in [4.69, 9.17) is 44.8 Å². The summed E-state index contributed by atoms with van der Waals surface area (Å²) >= 11 is 6.24. The van der Waals surface area contributed by atoms with Gasteiger partial charge < -0.3 is 52.3 Å². The number of rotatable bonds is 20. The van der Waals surface area contributed by atoms with Crippen LogP contribution in [0.25, 0.3) is 0 Å². The minimum absolute atomic E-state index is 0.000804. The Bertz CT molecular complexity index is 1950. The topological polar surface area (TPSA) is 139 Å². The van der Waals surface area contributed by atoms with Crippen LogP contribution in [0.2, 0.25) is 0 Å². The number of quaternary nitrogens is 2. The third kappa shape index (κ3) is 11.5. The van der Waals surface area contributed by atoms with Crippen molar-refractivity contribution in [2.24, 2.45) is 0 Å². The van der Waals surface area contributed by atoms with Crippen molar-refractivity contribution < 1.29 is 61.9 Å². The summed E-state index contributed by atoms with van der Waals surface area (Å²) < 4.78 is 40.3. The Morgan fingerprint density at radius 3 is 2.15 bits per heavy atom. The molecule has 322 valence electrons. The molecule has 2 aliphatic rings. The monoisotopic (exact) mass is 840 g/mol. The summed E-state index contributed by atoms with van der Waals surface area (Å²) in [6.07, 6.45) is 3.60. The molecule has 2 atom stereocenters. The molecule has 2 heterocycles. The van der Waals surface area contributed by atoms with E-state index in [-0.39, 0.29) is 37.5 Å². The minimum Gasteiger partial charge on any atom is -0.493 e. The van der Waals surface area contributed by atoms with Gasteiger partial charge in [-0.1, -0.05) is 23.7 Å². The third-order valence-corrected chi connectivity index (χ3v) is 12.1. The van der Waals surface area contributed by atoms with Crippen LogP contribution in [0.1, 0.15) is 57.8 Å². The lowest BCUT2D eigenvalue weighted by atomic mass is 9.84. The van der Waals surface area contributed by atoms with E-state index in [1.54, 1.807) is 28.4 Å². The molecule has 0 spiro atoms. The number of hydrogen-bond donors (Lipinski definition) is 2. The Kier molecular flexibility index (Phi) is 16.5. The molecule has 59 heavy (non-hydrogen) atoms. The van der Waals surface area contributed by atoms with Gasteiger partial charge in [-0.2, -0.15) is 0 Å². The number of hydrogen-bond acceptors (Lipinski definition) is 11. The number of esters is 2. The van der Waals surface area contributed by atoms with Gasteiger partial charge in [0.05, 0.1) is 94.8 Å². The van der Waals surface area contributed by atoms with Gasteiger partial charge in [-0.05, 0) is 65.1 Å². The van der Waals surface area contributed by atoms with Crippen LogP contribution in [0.4, 0.5) is 0 Å². The van der Waals surface area contributed by atoms with E-state index < -0.39 is 11.9 Å². The second kappa shape index (κ2) is 21.2. The van der Waals surface area contributed by atoms with E-state index in [0.29, 0.717) is 66.3 Å². The van der Waals surface area contributed by atoms with Crippen LogP contribution in [-0.2, 0) is 56.4 Å². The lowest BCUT2D eigenvalue weighted by molar-refractivity contribution is -0.947. The van der Waals surface area contributed by atoms with Crippen molar-refractivity contribution in [3.8, 4) is 23.0 Å². The summed E-state index contributed by atoms with van der Waals surface area (Å²) in [6.45, 7) is 7.97. The summed E-state index contributed by atoms with van der Waals surface area (Å²) in [5, 5.41) is 19.8. The number of aryl methyl sites for hydroxylation is 1. The molecule has 0 unspecified atom stereocenters. The summed E-state index contributed by atoms with van der Waals surface area (Å²) in [7, 11) is 8.68. The standard InChI is InChI=1S/C45H61ClN2O11/c1-31-21-33(24-42(55-5)44(31)56-6)28-48(15-19-57-20-16-48)13-8-17-58-43(51)27-38(46)45(52)59-18-7-12-47(2)14-11-34-25-35(29-49)36(30-50)26-37(34)39(47)22-32-9-10-40(53-3)41(23-32)54-4/h9-10,21,23-27,39,49-50H,7-8,11-20,22,28-30H2,1-6H3/q+2/b38-27-/t39-,47-/m1/s1. The highest BCUT2D eigenvalue weighted by Gasteiger charge is 2.39. The first-order valence-electron chi connectivity index (χ1n) is 20.2. The van der Waals surface area contributed by atoms with E-state index >= 15 is 0 Å². The molecular weight excluding hydrogens is 780 g/mol. The van der Waals surface area contributed by atoms with Crippen LogP contribution < -0.4 is 18.9 Å². The number of benzene rings is 3. The number of likely N-dealkylation sites (N-methyl/N-ethyl adjacent to an activating group) is 1. The fraction of sp³-hybridized carbons (Fsp3) is 0.511. The summed E-state index contributed by atoms with van der Waals surface area (Å²) in [4.78, 5) is 25.5. The number of aliphatic hydroxyl groups excluding tert-OH is 2. The van der Waals surface area contributed by atoms with E-state index in [9.17, 15) is 19.8 Å². The molecule has 1 fully saturated rings. The van der Waals surface area contributed by atoms with Gasteiger partial charge in [-0.25, -0.2) is 9.59 Å². The molecular formula is C45H61ClN2O11+2. The van der Waals surface area contributed by atoms with Crippen LogP contribution in [0, 0.1) is 6.92 Å². The van der Waals surface area contributed by atoms with Gasteiger partial charge in [-0.15, -0.1) is 0 Å². The van der Waals surface area contributed by atoms with Crippen molar-refractivity contribution >= 4 is 23.5 Å². The van der Waals surface area contributed by atoms with Gasteiger partial charge >= 0.3 is 11.9 Å². The van der Waals surface area contributed by atoms with Gasteiger partial charge in [0, 0.05) is 42.9 Å². The Morgan fingerprint density at radius 1 is 0.814 bits per heavy atom. The molecule has 0 radical (unpaired) electrons. The number of halogens is 1. The Morgan fingerprint density at radius 2 is 1.47 bits per heavy atom. The van der Waals surface area contributed by atoms with Crippen LogP contribution in [0.15, 0.2) is 53.6 Å². The second-order valence-electron chi connectivity index (χ2n) is 15.7. The minimum atomic E-state index is -0.788. The molecule has 0 amide bonds. The van der Waals surface area contributed by atoms with Gasteiger partial charge in [0.1, 0.15) is 30.7 Å². The van der Waals surface area contributed by atoms with Gasteiger partial charge in [0.25, 0.3) is 0 Å². The molecule has 14 heteroatoms. The predicted octanol–water partition coefficient (Wildman–Crippen LogP) is 5.34. The van der Waals surface area contributed by atoms with E-state index in [2.05, 4.69) is 13.1 Å². The zero-order valence-electron chi connectivity index (χ0n) is 35.4. The maximum Gasteiger partial charge on any atom is 0.350 e. The Labute approximate surface area is 353 Å². The second-order valence-corrected chi connectivity index (χ2v) is 16.1. The molecule has 0 aromatic heterocycles. The third-order valence-electron chi connectivity index (χ3n) is 11.9. The zero-order chi connectivity index (χ0) is 42.6. The van der Waals surface area contributed by atoms with E-state index in [1.807, 2.05) is 43.3 Å². The SMILES string of the molecule is COc1ccc(C[C@@H]2c3cc(CO)c(CO)cc3CC[N@@+]2(C)CCCOC(=O)/C(Cl)=C/C(=O)OCCC[N+]2(Cc3cc(C)c(OC)c(OC)c3)CCOCC2)cc1OC. The Hall–Kier alpha value is -4.37. The lowest BCUT2D eigenvalue weighted by Crippen LogP contribution is -2.55.